The molecule has 0 aliphatic heterocycles. The van der Waals surface area contributed by atoms with Gasteiger partial charge in [-0.2, -0.15) is 0 Å². The van der Waals surface area contributed by atoms with Crippen molar-refractivity contribution in [2.45, 2.75) is 33.3 Å². The lowest BCUT2D eigenvalue weighted by atomic mass is 9.97. The monoisotopic (exact) mass is 274 g/mol. The van der Waals surface area contributed by atoms with Crippen LogP contribution in [0.4, 0.5) is 0 Å². The number of aliphatic hydroxyl groups is 1. The molecule has 100 valence electrons. The quantitative estimate of drug-likeness (QED) is 0.871. The molecule has 0 saturated heterocycles. The van der Waals surface area contributed by atoms with Crippen LogP contribution in [0.3, 0.4) is 0 Å². The van der Waals surface area contributed by atoms with Crippen LogP contribution in [0, 0.1) is 20.8 Å². The van der Waals surface area contributed by atoms with Gasteiger partial charge >= 0.3 is 0 Å². The highest BCUT2D eigenvalue weighted by Crippen LogP contribution is 2.24. The molecule has 0 heterocycles. The second-order valence-electron chi connectivity index (χ2n) is 5.15. The van der Waals surface area contributed by atoms with E-state index in [0.29, 0.717) is 6.42 Å². The largest absolute Gasteiger partial charge is 0.388 e. The number of benzene rings is 2. The summed E-state index contributed by atoms with van der Waals surface area (Å²) < 4.78 is 0. The highest BCUT2D eigenvalue weighted by molar-refractivity contribution is 6.31. The lowest BCUT2D eigenvalue weighted by molar-refractivity contribution is 0.178. The molecule has 0 fully saturated rings. The van der Waals surface area contributed by atoms with Crippen LogP contribution in [0.25, 0.3) is 0 Å². The van der Waals surface area contributed by atoms with Gasteiger partial charge in [0.1, 0.15) is 0 Å². The summed E-state index contributed by atoms with van der Waals surface area (Å²) >= 11 is 6.00. The molecule has 0 amide bonds. The molecule has 1 atom stereocenters. The topological polar surface area (TPSA) is 20.2 Å². The molecular formula is C17H19ClO. The number of hydrogen-bond acceptors (Lipinski definition) is 1. The zero-order chi connectivity index (χ0) is 14.0. The summed E-state index contributed by atoms with van der Waals surface area (Å²) in [6, 6.07) is 12.0. The highest BCUT2D eigenvalue weighted by Gasteiger charge is 2.10. The average Bonchev–Trinajstić information content (AvgIpc) is 2.37. The predicted molar refractivity (Wildman–Crippen MR) is 80.8 cm³/mol. The van der Waals surface area contributed by atoms with Crippen molar-refractivity contribution >= 4 is 11.6 Å². The number of rotatable bonds is 3. The van der Waals surface area contributed by atoms with Gasteiger partial charge in [0.15, 0.2) is 0 Å². The smallest absolute Gasteiger partial charge is 0.0830 e. The first-order chi connectivity index (χ1) is 8.97. The van der Waals surface area contributed by atoms with Crippen molar-refractivity contribution in [3.05, 3.63) is 69.2 Å². The van der Waals surface area contributed by atoms with Gasteiger partial charge in [-0.05, 0) is 54.7 Å². The summed E-state index contributed by atoms with van der Waals surface area (Å²) in [5, 5.41) is 11.0. The molecule has 19 heavy (non-hydrogen) atoms. The molecule has 0 spiro atoms. The fourth-order valence-electron chi connectivity index (χ4n) is 2.15. The Hall–Kier alpha value is -1.31. The zero-order valence-electron chi connectivity index (χ0n) is 11.6. The van der Waals surface area contributed by atoms with Crippen LogP contribution in [0.1, 0.15) is 33.9 Å². The molecule has 1 unspecified atom stereocenters. The molecule has 2 heteroatoms. The Morgan fingerprint density at radius 2 is 1.68 bits per heavy atom. The SMILES string of the molecule is Cc1ccc(CC(O)c2ccc(Cl)c(C)c2)cc1C. The Morgan fingerprint density at radius 1 is 0.947 bits per heavy atom. The molecule has 1 nitrogen and oxygen atoms in total. The van der Waals surface area contributed by atoms with E-state index in [1.54, 1.807) is 0 Å². The normalized spacial score (nSPS) is 12.5. The van der Waals surface area contributed by atoms with E-state index < -0.39 is 6.10 Å². The van der Waals surface area contributed by atoms with Crippen LogP contribution in [0.5, 0.6) is 0 Å². The van der Waals surface area contributed by atoms with E-state index in [1.165, 1.54) is 11.1 Å². The molecule has 2 rings (SSSR count). The highest BCUT2D eigenvalue weighted by atomic mass is 35.5. The van der Waals surface area contributed by atoms with Crippen LogP contribution in [-0.2, 0) is 6.42 Å². The third-order valence-electron chi connectivity index (χ3n) is 3.57. The standard InChI is InChI=1S/C17H19ClO/c1-11-4-5-14(8-12(11)2)10-17(19)15-6-7-16(18)13(3)9-15/h4-9,17,19H,10H2,1-3H3. The average molecular weight is 275 g/mol. The van der Waals surface area contributed by atoms with Crippen molar-refractivity contribution in [2.75, 3.05) is 0 Å². The first kappa shape index (κ1) is 14.1. The van der Waals surface area contributed by atoms with Crippen LogP contribution in [0.2, 0.25) is 5.02 Å². The van der Waals surface area contributed by atoms with Crippen LogP contribution >= 0.6 is 11.6 Å². The van der Waals surface area contributed by atoms with Gasteiger partial charge in [-0.3, -0.25) is 0 Å². The lowest BCUT2D eigenvalue weighted by Crippen LogP contribution is -2.02. The van der Waals surface area contributed by atoms with Crippen molar-refractivity contribution < 1.29 is 5.11 Å². The Balaban J connectivity index is 2.17. The van der Waals surface area contributed by atoms with Crippen LogP contribution in [0.15, 0.2) is 36.4 Å². The van der Waals surface area contributed by atoms with Crippen molar-refractivity contribution in [2.24, 2.45) is 0 Å². The minimum Gasteiger partial charge on any atom is -0.388 e. The number of hydrogen-bond donors (Lipinski definition) is 1. The second-order valence-corrected chi connectivity index (χ2v) is 5.55. The lowest BCUT2D eigenvalue weighted by Gasteiger charge is -2.13. The van der Waals surface area contributed by atoms with Crippen LogP contribution in [-0.4, -0.2) is 5.11 Å². The predicted octanol–water partition coefficient (Wildman–Crippen LogP) is 4.54. The van der Waals surface area contributed by atoms with Gasteiger partial charge in [0, 0.05) is 11.4 Å². The van der Waals surface area contributed by atoms with E-state index in [9.17, 15) is 5.11 Å². The third kappa shape index (κ3) is 3.37. The minimum absolute atomic E-state index is 0.488. The summed E-state index contributed by atoms with van der Waals surface area (Å²) in [5.41, 5.74) is 5.61. The third-order valence-corrected chi connectivity index (χ3v) is 3.99. The zero-order valence-corrected chi connectivity index (χ0v) is 12.3. The molecule has 0 saturated carbocycles. The Bertz CT molecular complexity index is 590. The number of halogens is 1. The Labute approximate surface area is 119 Å². The number of aryl methyl sites for hydroxylation is 3. The van der Waals surface area contributed by atoms with Gasteiger partial charge < -0.3 is 5.11 Å². The van der Waals surface area contributed by atoms with E-state index in [2.05, 4.69) is 32.0 Å². The molecule has 0 radical (unpaired) electrons. The van der Waals surface area contributed by atoms with Gasteiger partial charge in [-0.1, -0.05) is 41.9 Å². The molecule has 0 aliphatic rings. The van der Waals surface area contributed by atoms with Crippen molar-refractivity contribution in [3.63, 3.8) is 0 Å². The number of aliphatic hydroxyl groups excluding tert-OH is 1. The summed E-state index contributed by atoms with van der Waals surface area (Å²) in [5.74, 6) is 0. The van der Waals surface area contributed by atoms with Crippen molar-refractivity contribution in [1.82, 2.24) is 0 Å². The molecular weight excluding hydrogens is 256 g/mol. The molecule has 0 aromatic heterocycles. The molecule has 2 aromatic carbocycles. The molecule has 1 N–H and O–H groups in total. The van der Waals surface area contributed by atoms with Crippen molar-refractivity contribution in [1.29, 1.82) is 0 Å². The summed E-state index contributed by atoms with van der Waals surface area (Å²) in [4.78, 5) is 0. The first-order valence-electron chi connectivity index (χ1n) is 6.47. The van der Waals surface area contributed by atoms with E-state index in [0.717, 1.165) is 21.7 Å². The maximum Gasteiger partial charge on any atom is 0.0830 e. The summed E-state index contributed by atoms with van der Waals surface area (Å²) in [7, 11) is 0. The maximum atomic E-state index is 10.3. The van der Waals surface area contributed by atoms with Gasteiger partial charge in [0.05, 0.1) is 6.10 Å². The van der Waals surface area contributed by atoms with E-state index in [1.807, 2.05) is 25.1 Å². The fraction of sp³-hybridized carbons (Fsp3) is 0.294. The Kier molecular flexibility index (Phi) is 4.28. The van der Waals surface area contributed by atoms with Gasteiger partial charge in [0.25, 0.3) is 0 Å². The van der Waals surface area contributed by atoms with Gasteiger partial charge in [0.2, 0.25) is 0 Å². The van der Waals surface area contributed by atoms with Gasteiger partial charge in [-0.25, -0.2) is 0 Å². The fourth-order valence-corrected chi connectivity index (χ4v) is 2.26. The summed E-state index contributed by atoms with van der Waals surface area (Å²) in [6.07, 6.45) is 0.139. The van der Waals surface area contributed by atoms with E-state index in [4.69, 9.17) is 11.6 Å². The van der Waals surface area contributed by atoms with Crippen LogP contribution < -0.4 is 0 Å². The maximum absolute atomic E-state index is 10.3. The summed E-state index contributed by atoms with van der Waals surface area (Å²) in [6.45, 7) is 6.14. The molecule has 2 aromatic rings. The van der Waals surface area contributed by atoms with E-state index >= 15 is 0 Å². The van der Waals surface area contributed by atoms with Crippen molar-refractivity contribution in [3.8, 4) is 0 Å². The molecule has 0 aliphatic carbocycles. The first-order valence-corrected chi connectivity index (χ1v) is 6.85. The van der Waals surface area contributed by atoms with Gasteiger partial charge in [-0.15, -0.1) is 0 Å². The molecule has 0 bridgehead atoms. The second kappa shape index (κ2) is 5.77. The van der Waals surface area contributed by atoms with E-state index in [-0.39, 0.29) is 0 Å². The minimum atomic E-state index is -0.488. The Morgan fingerprint density at radius 3 is 2.32 bits per heavy atom.